The summed E-state index contributed by atoms with van der Waals surface area (Å²) in [7, 11) is 3.45. The fourth-order valence-electron chi connectivity index (χ4n) is 5.02. The van der Waals surface area contributed by atoms with Gasteiger partial charge in [-0.3, -0.25) is 0 Å². The Morgan fingerprint density at radius 2 is 1.19 bits per heavy atom. The normalized spacial score (nSPS) is 13.5. The first-order valence-electron chi connectivity index (χ1n) is 15.1. The molecule has 2 amide bonds. The predicted molar refractivity (Wildman–Crippen MR) is 178 cm³/mol. The summed E-state index contributed by atoms with van der Waals surface area (Å²) in [6, 6.07) is 27.5. The second kappa shape index (κ2) is 14.9. The average molecular weight is 633 g/mol. The number of carbonyl (C=O) groups is 1. The summed E-state index contributed by atoms with van der Waals surface area (Å²) in [5.74, 6) is 3.48. The van der Waals surface area contributed by atoms with Crippen molar-refractivity contribution in [1.29, 1.82) is 5.26 Å². The summed E-state index contributed by atoms with van der Waals surface area (Å²) in [5.41, 5.74) is 6.28. The molecule has 0 fully saturated rings. The first kappa shape index (κ1) is 32.4. The lowest BCUT2D eigenvalue weighted by Gasteiger charge is -2.17. The third-order valence-corrected chi connectivity index (χ3v) is 7.35. The molecule has 10 nitrogen and oxygen atoms in total. The quantitative estimate of drug-likeness (QED) is 0.215. The molecule has 10 heteroatoms. The van der Waals surface area contributed by atoms with E-state index >= 15 is 0 Å². The molecule has 0 atom stereocenters. The molecule has 0 radical (unpaired) electrons. The molecule has 0 bridgehead atoms. The Kier molecular flexibility index (Phi) is 10.3. The average Bonchev–Trinajstić information content (AvgIpc) is 3.09. The van der Waals surface area contributed by atoms with Crippen molar-refractivity contribution in [3.63, 3.8) is 0 Å². The smallest absolute Gasteiger partial charge is 0.453 e. The lowest BCUT2D eigenvalue weighted by atomic mass is 10.1. The Morgan fingerprint density at radius 1 is 0.681 bits per heavy atom. The topological polar surface area (TPSA) is 90.1 Å². The maximum absolute atomic E-state index is 11.7. The number of hydroxylamine groups is 1. The largest absolute Gasteiger partial charge is 0.495 e. The zero-order valence-corrected chi connectivity index (χ0v) is 27.2. The second-order valence-corrected chi connectivity index (χ2v) is 11.2. The van der Waals surface area contributed by atoms with Crippen LogP contribution in [0.1, 0.15) is 33.4 Å². The Morgan fingerprint density at radius 3 is 1.74 bits per heavy atom. The number of para-hydroxylation sites is 4. The van der Waals surface area contributed by atoms with Gasteiger partial charge in [0, 0.05) is 4.74 Å². The number of carbonyl (C=O) groups excluding carboxylic acids is 1. The SMILES string of the molecule is Cc1cccc2c1OC[N+](C#N)=C2.Cc1cccc2c1OC[N+](C(=O)N(C)C)=C2.Cc1cccc2c1OC[N+](Oc1ccccc1)=C2. The molecule has 0 spiro atoms. The molecule has 3 aliphatic rings. The summed E-state index contributed by atoms with van der Waals surface area (Å²) in [4.78, 5) is 19.0. The Hall–Kier alpha value is -5.95. The van der Waals surface area contributed by atoms with E-state index in [1.54, 1.807) is 29.6 Å². The lowest BCUT2D eigenvalue weighted by molar-refractivity contribution is -0.759. The van der Waals surface area contributed by atoms with Crippen LogP contribution in [0, 0.1) is 32.2 Å². The van der Waals surface area contributed by atoms with Crippen LogP contribution in [0.2, 0.25) is 0 Å². The predicted octanol–water partition coefficient (Wildman–Crippen LogP) is 5.49. The number of hydrogen-bond donors (Lipinski definition) is 0. The number of rotatable bonds is 2. The van der Waals surface area contributed by atoms with Crippen LogP contribution in [-0.4, -0.2) is 77.8 Å². The van der Waals surface area contributed by atoms with Crippen molar-refractivity contribution in [2.45, 2.75) is 20.8 Å². The summed E-state index contributed by atoms with van der Waals surface area (Å²) in [6.45, 7) is 7.02. The minimum atomic E-state index is -0.0767. The van der Waals surface area contributed by atoms with Gasteiger partial charge in [-0.05, 0) is 67.8 Å². The van der Waals surface area contributed by atoms with E-state index < -0.39 is 0 Å². The molecule has 0 aliphatic carbocycles. The third-order valence-electron chi connectivity index (χ3n) is 7.35. The van der Waals surface area contributed by atoms with Gasteiger partial charge >= 0.3 is 19.0 Å². The van der Waals surface area contributed by atoms with Gasteiger partial charge in [0.05, 0.1) is 30.8 Å². The molecule has 0 unspecified atom stereocenters. The van der Waals surface area contributed by atoms with E-state index in [0.717, 1.165) is 56.4 Å². The van der Waals surface area contributed by atoms with Crippen molar-refractivity contribution in [3.05, 3.63) is 118 Å². The van der Waals surface area contributed by atoms with Crippen LogP contribution >= 0.6 is 0 Å². The Labute approximate surface area is 274 Å². The van der Waals surface area contributed by atoms with Gasteiger partial charge in [0.2, 0.25) is 25.4 Å². The van der Waals surface area contributed by atoms with Crippen molar-refractivity contribution < 1.29 is 37.7 Å². The van der Waals surface area contributed by atoms with Crippen LogP contribution in [0.25, 0.3) is 0 Å². The highest BCUT2D eigenvalue weighted by Gasteiger charge is 2.24. The number of nitrogens with zero attached hydrogens (tertiary/aromatic N) is 5. The highest BCUT2D eigenvalue weighted by Crippen LogP contribution is 2.26. The van der Waals surface area contributed by atoms with Gasteiger partial charge in [-0.1, -0.05) is 54.6 Å². The molecular weight excluding hydrogens is 594 g/mol. The molecule has 3 aliphatic heterocycles. The van der Waals surface area contributed by atoms with E-state index in [1.165, 1.54) is 9.48 Å². The van der Waals surface area contributed by atoms with Crippen LogP contribution in [0.5, 0.6) is 23.0 Å². The third kappa shape index (κ3) is 8.02. The minimum Gasteiger partial charge on any atom is -0.453 e. The molecule has 7 rings (SSSR count). The molecule has 4 aromatic carbocycles. The molecule has 4 aromatic rings. The van der Waals surface area contributed by atoms with Gasteiger partial charge in [-0.15, -0.1) is 4.58 Å². The van der Waals surface area contributed by atoms with Gasteiger partial charge in [-0.2, -0.15) is 9.37 Å². The number of ether oxygens (including phenoxy) is 3. The molecule has 47 heavy (non-hydrogen) atoms. The van der Waals surface area contributed by atoms with Crippen molar-refractivity contribution in [2.75, 3.05) is 34.3 Å². The summed E-state index contributed by atoms with van der Waals surface area (Å²) in [6.07, 6.45) is 7.60. The van der Waals surface area contributed by atoms with Gasteiger partial charge in [-0.25, -0.2) is 9.74 Å². The van der Waals surface area contributed by atoms with Crippen molar-refractivity contribution in [1.82, 2.24) is 4.90 Å². The maximum atomic E-state index is 11.7. The number of hydrogen-bond acceptors (Lipinski definition) is 6. The Balaban J connectivity index is 0.000000140. The van der Waals surface area contributed by atoms with Crippen LogP contribution in [0.3, 0.4) is 0 Å². The monoisotopic (exact) mass is 632 g/mol. The van der Waals surface area contributed by atoms with Gasteiger partial charge in [0.1, 0.15) is 29.7 Å². The van der Waals surface area contributed by atoms with Gasteiger partial charge < -0.3 is 14.2 Å². The molecular formula is C37H38N5O5+3. The van der Waals surface area contributed by atoms with E-state index in [4.69, 9.17) is 24.3 Å². The first-order chi connectivity index (χ1) is 22.7. The van der Waals surface area contributed by atoms with E-state index in [9.17, 15) is 4.79 Å². The number of aryl methyl sites for hydroxylation is 3. The van der Waals surface area contributed by atoms with E-state index in [0.29, 0.717) is 13.5 Å². The number of benzene rings is 4. The number of amides is 2. The van der Waals surface area contributed by atoms with Crippen LogP contribution in [-0.2, 0) is 0 Å². The van der Waals surface area contributed by atoms with Crippen LogP contribution in [0.15, 0.2) is 84.9 Å². The van der Waals surface area contributed by atoms with Crippen LogP contribution in [0.4, 0.5) is 4.79 Å². The highest BCUT2D eigenvalue weighted by molar-refractivity contribution is 5.85. The molecule has 0 N–H and O–H groups in total. The van der Waals surface area contributed by atoms with E-state index in [2.05, 4.69) is 0 Å². The number of urea groups is 1. The lowest BCUT2D eigenvalue weighted by Crippen LogP contribution is -2.37. The molecule has 0 saturated heterocycles. The highest BCUT2D eigenvalue weighted by atomic mass is 16.7. The van der Waals surface area contributed by atoms with Gasteiger partial charge in [0.15, 0.2) is 5.26 Å². The van der Waals surface area contributed by atoms with Crippen molar-refractivity contribution >= 4 is 24.7 Å². The van der Waals surface area contributed by atoms with E-state index in [1.807, 2.05) is 124 Å². The van der Waals surface area contributed by atoms with E-state index in [-0.39, 0.29) is 12.8 Å². The summed E-state index contributed by atoms with van der Waals surface area (Å²) in [5, 5.41) is 8.65. The zero-order chi connectivity index (χ0) is 33.3. The minimum absolute atomic E-state index is 0.0767. The summed E-state index contributed by atoms with van der Waals surface area (Å²) < 4.78 is 21.4. The maximum Gasteiger partial charge on any atom is 0.495 e. The zero-order valence-electron chi connectivity index (χ0n) is 27.2. The molecule has 3 heterocycles. The van der Waals surface area contributed by atoms with Crippen molar-refractivity contribution in [3.8, 4) is 29.2 Å². The molecule has 0 saturated carbocycles. The van der Waals surface area contributed by atoms with Gasteiger partial charge in [0.25, 0.3) is 0 Å². The number of fused-ring (bicyclic) bond motifs is 3. The standard InChI is InChI=1S/C15H14NO2.C12H15N2O2.C10H9N2O/c1-12-6-5-7-13-10-16(11-17-15(12)13)18-14-8-3-2-4-9-14;1-9-5-4-6-10-7-14(8-16-11(9)10)12(15)13(2)3;1-8-3-2-4-9-5-12(6-11)7-13-10(8)9/h2-10H,11H2,1H3;4-7H,8H2,1-3H3;2-5H,7H2,1H3/q3*+1. The summed E-state index contributed by atoms with van der Waals surface area (Å²) >= 11 is 0. The fourth-order valence-corrected chi connectivity index (χ4v) is 5.02. The number of nitriles is 1. The first-order valence-corrected chi connectivity index (χ1v) is 15.1. The van der Waals surface area contributed by atoms with Crippen molar-refractivity contribution in [2.24, 2.45) is 0 Å². The Bertz CT molecular complexity index is 1910. The second-order valence-electron chi connectivity index (χ2n) is 11.2. The fraction of sp³-hybridized carbons (Fsp3) is 0.216. The molecule has 0 aromatic heterocycles. The van der Waals surface area contributed by atoms with Crippen LogP contribution < -0.4 is 19.0 Å². The molecule has 238 valence electrons.